The lowest BCUT2D eigenvalue weighted by Crippen LogP contribution is -2.14. The van der Waals surface area contributed by atoms with E-state index in [-0.39, 0.29) is 12.1 Å². The number of aromatic nitrogens is 5. The van der Waals surface area contributed by atoms with Crippen molar-refractivity contribution in [2.24, 2.45) is 0 Å². The van der Waals surface area contributed by atoms with Gasteiger partial charge < -0.3 is 15.4 Å². The van der Waals surface area contributed by atoms with Gasteiger partial charge in [0.2, 0.25) is 5.95 Å². The maximum Gasteiger partial charge on any atom is 0.212 e. The Hall–Kier alpha value is -5.04. The van der Waals surface area contributed by atoms with Crippen molar-refractivity contribution in [3.63, 3.8) is 0 Å². The smallest absolute Gasteiger partial charge is 0.212 e. The minimum absolute atomic E-state index is 0.0653. The van der Waals surface area contributed by atoms with Crippen molar-refractivity contribution < 1.29 is 10.5 Å². The number of rotatable bonds is 10. The quantitative estimate of drug-likeness (QED) is 0.194. The summed E-state index contributed by atoms with van der Waals surface area (Å²) in [5.41, 5.74) is 3.85. The number of nitrogens with zero attached hydrogens (tertiary/aromatic N) is 6. The van der Waals surface area contributed by atoms with Crippen LogP contribution in [0.2, 0.25) is 0 Å². The highest BCUT2D eigenvalue weighted by atomic mass is 19.1. The molecule has 1 aliphatic carbocycles. The predicted molar refractivity (Wildman–Crippen MR) is 154 cm³/mol. The number of nitriles is 1. The first kappa shape index (κ1) is 25.0. The molecule has 10 heteroatoms. The molecule has 0 amide bonds. The first-order chi connectivity index (χ1) is 20.4. The average molecular weight is 550 g/mol. The molecule has 0 radical (unpaired) electrons. The number of ether oxygens (including phenoxy) is 1. The lowest BCUT2D eigenvalue weighted by molar-refractivity contribution is 0.419. The number of methoxy groups -OCH3 is 1. The van der Waals surface area contributed by atoms with E-state index in [2.05, 4.69) is 43.9 Å². The van der Waals surface area contributed by atoms with E-state index in [0.29, 0.717) is 44.8 Å². The molecule has 3 heterocycles. The number of hydrogen-bond donors (Lipinski definition) is 2. The highest BCUT2D eigenvalue weighted by Crippen LogP contribution is 2.39. The summed E-state index contributed by atoms with van der Waals surface area (Å²) in [5, 5.41) is 26.1. The van der Waals surface area contributed by atoms with E-state index in [0.717, 1.165) is 24.8 Å². The first-order valence-corrected chi connectivity index (χ1v) is 13.5. The van der Waals surface area contributed by atoms with Gasteiger partial charge in [-0.3, -0.25) is 4.98 Å². The fraction of sp³-hybridized carbons (Fsp3) is 0.258. The van der Waals surface area contributed by atoms with Crippen LogP contribution in [0.3, 0.4) is 0 Å². The van der Waals surface area contributed by atoms with Crippen LogP contribution in [0.1, 0.15) is 68.0 Å². The van der Waals surface area contributed by atoms with Gasteiger partial charge >= 0.3 is 0 Å². The Morgan fingerprint density at radius 2 is 1.95 bits per heavy atom. The summed E-state index contributed by atoms with van der Waals surface area (Å²) in [7, 11) is 1.55. The van der Waals surface area contributed by atoms with Crippen molar-refractivity contribution in [1.82, 2.24) is 25.0 Å². The van der Waals surface area contributed by atoms with Crippen LogP contribution in [0.5, 0.6) is 5.75 Å². The Kier molecular flexibility index (Phi) is 6.83. The zero-order chi connectivity index (χ0) is 29.3. The number of hydrogen-bond acceptors (Lipinski definition) is 8. The molecule has 0 spiro atoms. The lowest BCUT2D eigenvalue weighted by Gasteiger charge is -2.23. The largest absolute Gasteiger partial charge is 0.494 e. The summed E-state index contributed by atoms with van der Waals surface area (Å²) in [6, 6.07) is 17.1. The van der Waals surface area contributed by atoms with Gasteiger partial charge in [-0.05, 0) is 42.5 Å². The molecule has 0 unspecified atom stereocenters. The SMILES string of the molecule is [2H][C@](Nc1cc(OC)c2ncc(C#N)c(N[C@H](CC)c3ccccc3)c2c1)(c1ccc(F)nc1)c1cn(C2CC2)nn1. The van der Waals surface area contributed by atoms with E-state index in [9.17, 15) is 11.0 Å². The van der Waals surface area contributed by atoms with Crippen LogP contribution < -0.4 is 15.4 Å². The normalized spacial score (nSPS) is 15.4. The van der Waals surface area contributed by atoms with Gasteiger partial charge in [-0.2, -0.15) is 9.65 Å². The first-order valence-electron chi connectivity index (χ1n) is 14.0. The molecule has 0 aliphatic heterocycles. The summed E-state index contributed by atoms with van der Waals surface area (Å²) in [6.07, 6.45) is 7.38. The number of halogens is 1. The molecule has 5 aromatic rings. The van der Waals surface area contributed by atoms with E-state index in [1.54, 1.807) is 24.1 Å². The van der Waals surface area contributed by atoms with Crippen molar-refractivity contribution in [2.75, 3.05) is 17.7 Å². The summed E-state index contributed by atoms with van der Waals surface area (Å²) < 4.78 is 30.9. The summed E-state index contributed by atoms with van der Waals surface area (Å²) >= 11 is 0. The van der Waals surface area contributed by atoms with Gasteiger partial charge in [-0.1, -0.05) is 48.5 Å². The number of fused-ring (bicyclic) bond motifs is 1. The molecule has 2 atom stereocenters. The topological polar surface area (TPSA) is 114 Å². The van der Waals surface area contributed by atoms with Gasteiger partial charge in [-0.25, -0.2) is 9.67 Å². The van der Waals surface area contributed by atoms with E-state index >= 15 is 0 Å². The third-order valence-electron chi connectivity index (χ3n) is 7.18. The van der Waals surface area contributed by atoms with Crippen molar-refractivity contribution >= 4 is 22.3 Å². The average Bonchev–Trinajstić information content (AvgIpc) is 3.75. The van der Waals surface area contributed by atoms with Crippen LogP contribution in [0.15, 0.2) is 73.2 Å². The fourth-order valence-electron chi connectivity index (χ4n) is 4.88. The molecule has 0 bridgehead atoms. The van der Waals surface area contributed by atoms with Crippen LogP contribution in [0, 0.1) is 17.3 Å². The minimum Gasteiger partial charge on any atom is -0.494 e. The number of anilines is 2. The zero-order valence-electron chi connectivity index (χ0n) is 23.7. The molecule has 0 saturated heterocycles. The van der Waals surface area contributed by atoms with E-state index in [1.165, 1.54) is 24.5 Å². The molecule has 41 heavy (non-hydrogen) atoms. The van der Waals surface area contributed by atoms with Crippen LogP contribution >= 0.6 is 0 Å². The standard InChI is InChI=1S/C31H29FN8O/c1-3-25(19-7-5-4-6-8-19)37-29-21(15-33)17-35-31-24(29)13-22(14-27(31)41-2)36-30(20-9-12-28(32)34-16-20)26-18-40(39-38-26)23-10-11-23/h4-9,12-14,16-18,23,25,30,36H,3,10-11H2,1-2H3,(H,35,37)/t25-,30+/m1/s1/i30D. The second-order valence-corrected chi connectivity index (χ2v) is 9.93. The van der Waals surface area contributed by atoms with E-state index in [1.807, 2.05) is 36.4 Å². The monoisotopic (exact) mass is 549 g/mol. The highest BCUT2D eigenvalue weighted by Gasteiger charge is 2.27. The zero-order valence-corrected chi connectivity index (χ0v) is 22.7. The van der Waals surface area contributed by atoms with Crippen molar-refractivity contribution in [1.29, 1.82) is 5.26 Å². The van der Waals surface area contributed by atoms with Gasteiger partial charge in [0.25, 0.3) is 0 Å². The Labute approximate surface area is 238 Å². The van der Waals surface area contributed by atoms with Gasteiger partial charge in [0.05, 0.1) is 44.0 Å². The highest BCUT2D eigenvalue weighted by molar-refractivity contribution is 5.99. The van der Waals surface area contributed by atoms with Gasteiger partial charge in [0.1, 0.15) is 23.0 Å². The van der Waals surface area contributed by atoms with Crippen LogP contribution in [0.4, 0.5) is 15.8 Å². The number of nitrogens with one attached hydrogen (secondary N) is 2. The predicted octanol–water partition coefficient (Wildman–Crippen LogP) is 6.34. The van der Waals surface area contributed by atoms with E-state index < -0.39 is 12.0 Å². The molecule has 206 valence electrons. The van der Waals surface area contributed by atoms with Gasteiger partial charge in [0, 0.05) is 29.5 Å². The minimum atomic E-state index is -1.67. The van der Waals surface area contributed by atoms with Crippen LogP contribution in [0.25, 0.3) is 10.9 Å². The molecular formula is C31H29FN8O. The third-order valence-corrected chi connectivity index (χ3v) is 7.18. The molecule has 2 aromatic carbocycles. The van der Waals surface area contributed by atoms with Crippen molar-refractivity contribution in [3.8, 4) is 11.8 Å². The Bertz CT molecular complexity index is 1770. The van der Waals surface area contributed by atoms with Crippen molar-refractivity contribution in [3.05, 3.63) is 102 Å². The Balaban J connectivity index is 1.48. The van der Waals surface area contributed by atoms with Gasteiger partial charge in [0.15, 0.2) is 0 Å². The lowest BCUT2D eigenvalue weighted by atomic mass is 10.0. The molecule has 3 aromatic heterocycles. The van der Waals surface area contributed by atoms with Crippen molar-refractivity contribution in [2.45, 2.75) is 44.3 Å². The van der Waals surface area contributed by atoms with E-state index in [4.69, 9.17) is 4.74 Å². The Morgan fingerprint density at radius 3 is 2.63 bits per heavy atom. The van der Waals surface area contributed by atoms with Gasteiger partial charge in [-0.15, -0.1) is 5.10 Å². The maximum atomic E-state index is 13.8. The second-order valence-electron chi connectivity index (χ2n) is 9.93. The summed E-state index contributed by atoms with van der Waals surface area (Å²) in [6.45, 7) is 2.08. The van der Waals surface area contributed by atoms with Crippen LogP contribution in [-0.2, 0) is 0 Å². The molecular weight excluding hydrogens is 519 g/mol. The van der Waals surface area contributed by atoms with Crippen LogP contribution in [-0.4, -0.2) is 32.1 Å². The molecule has 2 N–H and O–H groups in total. The maximum absolute atomic E-state index is 13.8. The molecule has 1 fully saturated rings. The molecule has 6 rings (SSSR count). The third kappa shape index (κ3) is 5.39. The number of benzene rings is 2. The summed E-state index contributed by atoms with van der Waals surface area (Å²) in [4.78, 5) is 8.34. The molecule has 1 aliphatic rings. The fourth-order valence-corrected chi connectivity index (χ4v) is 4.88. The summed E-state index contributed by atoms with van der Waals surface area (Å²) in [5.74, 6) is -0.193. The molecule has 1 saturated carbocycles. The Morgan fingerprint density at radius 1 is 1.12 bits per heavy atom. The second kappa shape index (κ2) is 11.2. The number of pyridine rings is 2. The molecule has 9 nitrogen and oxygen atoms in total.